The van der Waals surface area contributed by atoms with Crippen LogP contribution in [-0.4, -0.2) is 47.4 Å². The fourth-order valence-electron chi connectivity index (χ4n) is 6.28. The van der Waals surface area contributed by atoms with Gasteiger partial charge in [-0.1, -0.05) is 167 Å². The quantitative estimate of drug-likeness (QED) is 0.0343. The lowest BCUT2D eigenvalue weighted by molar-refractivity contribution is -0.143. The number of rotatable bonds is 38. The van der Waals surface area contributed by atoms with Gasteiger partial charge in [-0.3, -0.25) is 9.59 Å². The third-order valence-corrected chi connectivity index (χ3v) is 9.56. The molecule has 0 aliphatic rings. The van der Waals surface area contributed by atoms with Crippen molar-refractivity contribution in [2.45, 2.75) is 231 Å². The number of ether oxygens (including phenoxy) is 1. The SMILES string of the molecule is CCCCCCCCCCCCCC(=O)OCCCC/C=C\CCCCCCC(=O)NC(CO)C(O)CCCCCCCCCCCC. The molecule has 0 saturated carbocycles. The summed E-state index contributed by atoms with van der Waals surface area (Å²) in [5.74, 6) is -0.111. The summed E-state index contributed by atoms with van der Waals surface area (Å²) in [4.78, 5) is 24.3. The Morgan fingerprint density at radius 3 is 1.48 bits per heavy atom. The van der Waals surface area contributed by atoms with Gasteiger partial charge in [-0.2, -0.15) is 0 Å². The van der Waals surface area contributed by atoms with Crippen LogP contribution in [0.4, 0.5) is 0 Å². The second-order valence-corrected chi connectivity index (χ2v) is 14.3. The molecule has 48 heavy (non-hydrogen) atoms. The van der Waals surface area contributed by atoms with E-state index in [4.69, 9.17) is 4.74 Å². The predicted molar refractivity (Wildman–Crippen MR) is 204 cm³/mol. The summed E-state index contributed by atoms with van der Waals surface area (Å²) in [6.07, 6.45) is 40.2. The standard InChI is InChI=1S/C42H81NO5/c1-3-5-7-9-11-13-15-20-24-28-32-36-42(47)48-37-33-29-25-21-17-16-19-23-27-31-35-41(46)43-39(38-44)40(45)34-30-26-22-18-14-12-10-8-6-4-2/h17,21,39-40,44-45H,3-16,18-20,22-38H2,1-2H3,(H,43,46)/b21-17-. The van der Waals surface area contributed by atoms with E-state index in [0.717, 1.165) is 77.0 Å². The van der Waals surface area contributed by atoms with E-state index in [2.05, 4.69) is 31.3 Å². The molecular weight excluding hydrogens is 598 g/mol. The van der Waals surface area contributed by atoms with E-state index in [1.165, 1.54) is 109 Å². The Balaban J connectivity index is 3.55. The van der Waals surface area contributed by atoms with Crippen LogP contribution in [0.1, 0.15) is 219 Å². The molecule has 0 rings (SSSR count). The third-order valence-electron chi connectivity index (χ3n) is 9.56. The number of aliphatic hydroxyl groups is 2. The van der Waals surface area contributed by atoms with Gasteiger partial charge in [-0.25, -0.2) is 0 Å². The number of amides is 1. The van der Waals surface area contributed by atoms with Gasteiger partial charge in [0.05, 0.1) is 25.4 Å². The monoisotopic (exact) mass is 680 g/mol. The number of hydrogen-bond acceptors (Lipinski definition) is 5. The van der Waals surface area contributed by atoms with Gasteiger partial charge in [0.2, 0.25) is 5.91 Å². The molecule has 0 aromatic heterocycles. The topological polar surface area (TPSA) is 95.9 Å². The summed E-state index contributed by atoms with van der Waals surface area (Å²) < 4.78 is 5.40. The molecular formula is C42H81NO5. The van der Waals surface area contributed by atoms with Gasteiger partial charge in [0.1, 0.15) is 0 Å². The van der Waals surface area contributed by atoms with E-state index >= 15 is 0 Å². The molecule has 2 unspecified atom stereocenters. The lowest BCUT2D eigenvalue weighted by Gasteiger charge is -2.22. The van der Waals surface area contributed by atoms with Gasteiger partial charge >= 0.3 is 5.97 Å². The Labute approximate surface area is 298 Å². The summed E-state index contributed by atoms with van der Waals surface area (Å²) in [6.45, 7) is 4.83. The van der Waals surface area contributed by atoms with Crippen LogP contribution in [0.15, 0.2) is 12.2 Å². The molecule has 0 aromatic carbocycles. The smallest absolute Gasteiger partial charge is 0.305 e. The van der Waals surface area contributed by atoms with Crippen molar-refractivity contribution < 1.29 is 24.5 Å². The average molecular weight is 680 g/mol. The molecule has 0 heterocycles. The van der Waals surface area contributed by atoms with E-state index in [0.29, 0.717) is 25.9 Å². The molecule has 1 amide bonds. The average Bonchev–Trinajstić information content (AvgIpc) is 3.08. The number of allylic oxidation sites excluding steroid dienone is 2. The Bertz CT molecular complexity index is 712. The summed E-state index contributed by atoms with van der Waals surface area (Å²) in [6, 6.07) is -0.563. The Hall–Kier alpha value is -1.40. The van der Waals surface area contributed by atoms with Crippen molar-refractivity contribution in [2.24, 2.45) is 0 Å². The van der Waals surface area contributed by atoms with Gasteiger partial charge in [-0.15, -0.1) is 0 Å². The van der Waals surface area contributed by atoms with Crippen LogP contribution in [0.2, 0.25) is 0 Å². The molecule has 0 bridgehead atoms. The molecule has 0 aliphatic carbocycles. The minimum atomic E-state index is -0.682. The summed E-state index contributed by atoms with van der Waals surface area (Å²) >= 11 is 0. The number of esters is 1. The van der Waals surface area contributed by atoms with E-state index in [-0.39, 0.29) is 18.5 Å². The van der Waals surface area contributed by atoms with Crippen molar-refractivity contribution in [3.63, 3.8) is 0 Å². The van der Waals surface area contributed by atoms with E-state index in [1.807, 2.05) is 0 Å². The Kier molecular flexibility index (Phi) is 37.3. The largest absolute Gasteiger partial charge is 0.466 e. The van der Waals surface area contributed by atoms with Gasteiger partial charge in [0, 0.05) is 12.8 Å². The summed E-state index contributed by atoms with van der Waals surface area (Å²) in [7, 11) is 0. The highest BCUT2D eigenvalue weighted by atomic mass is 16.5. The first-order valence-electron chi connectivity index (χ1n) is 20.9. The summed E-state index contributed by atoms with van der Waals surface area (Å²) in [5, 5.41) is 23.0. The van der Waals surface area contributed by atoms with Crippen LogP contribution in [0, 0.1) is 0 Å². The third kappa shape index (κ3) is 34.5. The van der Waals surface area contributed by atoms with Crippen molar-refractivity contribution in [3.8, 4) is 0 Å². The lowest BCUT2D eigenvalue weighted by atomic mass is 10.0. The molecule has 0 spiro atoms. The maximum Gasteiger partial charge on any atom is 0.305 e. The van der Waals surface area contributed by atoms with E-state index in [9.17, 15) is 19.8 Å². The van der Waals surface area contributed by atoms with Gasteiger partial charge in [0.15, 0.2) is 0 Å². The van der Waals surface area contributed by atoms with E-state index < -0.39 is 12.1 Å². The first-order valence-corrected chi connectivity index (χ1v) is 20.9. The number of hydrogen-bond donors (Lipinski definition) is 3. The lowest BCUT2D eigenvalue weighted by Crippen LogP contribution is -2.45. The molecule has 0 aliphatic heterocycles. The Morgan fingerprint density at radius 2 is 0.979 bits per heavy atom. The maximum atomic E-state index is 12.3. The minimum Gasteiger partial charge on any atom is -0.466 e. The zero-order valence-corrected chi connectivity index (χ0v) is 32.0. The van der Waals surface area contributed by atoms with Crippen molar-refractivity contribution in [1.29, 1.82) is 0 Å². The van der Waals surface area contributed by atoms with Gasteiger partial charge < -0.3 is 20.3 Å². The van der Waals surface area contributed by atoms with Crippen LogP contribution in [0.3, 0.4) is 0 Å². The zero-order valence-electron chi connectivity index (χ0n) is 32.0. The van der Waals surface area contributed by atoms with Crippen LogP contribution >= 0.6 is 0 Å². The minimum absolute atomic E-state index is 0.0376. The van der Waals surface area contributed by atoms with Crippen LogP contribution < -0.4 is 5.32 Å². The normalized spacial score (nSPS) is 12.8. The molecule has 0 radical (unpaired) electrons. The first-order chi connectivity index (χ1) is 23.5. The molecule has 0 fully saturated rings. The van der Waals surface area contributed by atoms with Crippen LogP contribution in [0.25, 0.3) is 0 Å². The maximum absolute atomic E-state index is 12.3. The number of unbranched alkanes of at least 4 members (excludes halogenated alkanes) is 25. The second kappa shape index (κ2) is 38.4. The number of nitrogens with one attached hydrogen (secondary N) is 1. The highest BCUT2D eigenvalue weighted by Crippen LogP contribution is 2.15. The molecule has 6 nitrogen and oxygen atoms in total. The highest BCUT2D eigenvalue weighted by Gasteiger charge is 2.20. The van der Waals surface area contributed by atoms with E-state index in [1.54, 1.807) is 0 Å². The van der Waals surface area contributed by atoms with Gasteiger partial charge in [-0.05, 0) is 51.4 Å². The molecule has 0 saturated heterocycles. The second-order valence-electron chi connectivity index (χ2n) is 14.3. The van der Waals surface area contributed by atoms with Crippen molar-refractivity contribution in [1.82, 2.24) is 5.32 Å². The predicted octanol–water partition coefficient (Wildman–Crippen LogP) is 11.4. The van der Waals surface area contributed by atoms with Gasteiger partial charge in [0.25, 0.3) is 0 Å². The van der Waals surface area contributed by atoms with Crippen molar-refractivity contribution in [3.05, 3.63) is 12.2 Å². The molecule has 0 aromatic rings. The first kappa shape index (κ1) is 46.6. The Morgan fingerprint density at radius 1 is 0.562 bits per heavy atom. The van der Waals surface area contributed by atoms with Crippen LogP contribution in [-0.2, 0) is 14.3 Å². The molecule has 3 N–H and O–H groups in total. The zero-order chi connectivity index (χ0) is 35.2. The van der Waals surface area contributed by atoms with Crippen molar-refractivity contribution >= 4 is 11.9 Å². The van der Waals surface area contributed by atoms with Crippen molar-refractivity contribution in [2.75, 3.05) is 13.2 Å². The molecule has 6 heteroatoms. The fraction of sp³-hybridized carbons (Fsp3) is 0.905. The number of aliphatic hydroxyl groups excluding tert-OH is 2. The molecule has 2 atom stereocenters. The molecule has 284 valence electrons. The fourth-order valence-corrected chi connectivity index (χ4v) is 6.28. The number of carbonyl (C=O) groups is 2. The van der Waals surface area contributed by atoms with Crippen LogP contribution in [0.5, 0.6) is 0 Å². The highest BCUT2D eigenvalue weighted by molar-refractivity contribution is 5.76. The summed E-state index contributed by atoms with van der Waals surface area (Å²) in [5.41, 5.74) is 0. The number of carbonyl (C=O) groups excluding carboxylic acids is 2.